The molecule has 0 radical (unpaired) electrons. The van der Waals surface area contributed by atoms with Gasteiger partial charge in [0.15, 0.2) is 0 Å². The van der Waals surface area contributed by atoms with Crippen LogP contribution in [0.5, 0.6) is 0 Å². The zero-order chi connectivity index (χ0) is 14.5. The van der Waals surface area contributed by atoms with Gasteiger partial charge in [0.1, 0.15) is 11.5 Å². The minimum absolute atomic E-state index is 0.0217. The van der Waals surface area contributed by atoms with E-state index >= 15 is 0 Å². The number of halogens is 1. The van der Waals surface area contributed by atoms with E-state index in [2.05, 4.69) is 10.3 Å². The molecule has 1 amide bonds. The van der Waals surface area contributed by atoms with Crippen molar-refractivity contribution in [3.63, 3.8) is 0 Å². The summed E-state index contributed by atoms with van der Waals surface area (Å²) in [6, 6.07) is 2.84. The average molecular weight is 279 g/mol. The Balaban J connectivity index is 1.88. The first-order valence-electron chi connectivity index (χ1n) is 6.16. The van der Waals surface area contributed by atoms with Crippen molar-refractivity contribution in [3.8, 4) is 0 Å². The smallest absolute Gasteiger partial charge is 0.303 e. The first-order chi connectivity index (χ1) is 9.54. The number of fused-ring (bicyclic) bond motifs is 1. The van der Waals surface area contributed by atoms with Crippen molar-refractivity contribution in [2.75, 3.05) is 6.54 Å². The Kier molecular flexibility index (Phi) is 4.29. The quantitative estimate of drug-likeness (QED) is 0.773. The number of carbonyl (C=O) groups excluding carboxylic acids is 1. The Morgan fingerprint density at radius 3 is 2.90 bits per heavy atom. The molecule has 7 heteroatoms. The SMILES string of the molecule is O=C(O)CCCNC(=O)Cc1cn2cc(F)ccc2n1. The van der Waals surface area contributed by atoms with Crippen molar-refractivity contribution in [3.05, 3.63) is 36.0 Å². The van der Waals surface area contributed by atoms with E-state index in [-0.39, 0.29) is 24.6 Å². The van der Waals surface area contributed by atoms with E-state index in [0.717, 1.165) is 0 Å². The first kappa shape index (κ1) is 14.0. The number of imidazole rings is 1. The van der Waals surface area contributed by atoms with Gasteiger partial charge < -0.3 is 14.8 Å². The third-order valence-electron chi connectivity index (χ3n) is 2.70. The standard InChI is InChI=1S/C13H14FN3O3/c14-9-3-4-11-16-10(8-17(11)7-9)6-12(18)15-5-1-2-13(19)20/h3-4,7-8H,1-2,5-6H2,(H,15,18)(H,19,20). The summed E-state index contributed by atoms with van der Waals surface area (Å²) in [5.41, 5.74) is 1.10. The lowest BCUT2D eigenvalue weighted by atomic mass is 10.3. The van der Waals surface area contributed by atoms with Gasteiger partial charge >= 0.3 is 5.97 Å². The number of pyridine rings is 1. The van der Waals surface area contributed by atoms with Gasteiger partial charge in [0.25, 0.3) is 0 Å². The van der Waals surface area contributed by atoms with Gasteiger partial charge in [-0.15, -0.1) is 0 Å². The number of hydrogen-bond acceptors (Lipinski definition) is 3. The zero-order valence-corrected chi connectivity index (χ0v) is 10.7. The number of rotatable bonds is 6. The highest BCUT2D eigenvalue weighted by Gasteiger charge is 2.08. The van der Waals surface area contributed by atoms with Gasteiger partial charge in [0.2, 0.25) is 5.91 Å². The van der Waals surface area contributed by atoms with Gasteiger partial charge in [0.05, 0.1) is 12.1 Å². The molecule has 2 aromatic rings. The molecule has 106 valence electrons. The summed E-state index contributed by atoms with van der Waals surface area (Å²) in [5.74, 6) is -1.50. The molecule has 0 saturated heterocycles. The van der Waals surface area contributed by atoms with Crippen molar-refractivity contribution >= 4 is 17.5 Å². The molecule has 0 aliphatic carbocycles. The van der Waals surface area contributed by atoms with E-state index in [9.17, 15) is 14.0 Å². The second-order valence-corrected chi connectivity index (χ2v) is 4.37. The molecular formula is C13H14FN3O3. The third kappa shape index (κ3) is 3.78. The van der Waals surface area contributed by atoms with Gasteiger partial charge in [-0.2, -0.15) is 0 Å². The van der Waals surface area contributed by atoms with Crippen LogP contribution in [0.25, 0.3) is 5.65 Å². The Labute approximate surface area is 114 Å². The minimum atomic E-state index is -0.887. The van der Waals surface area contributed by atoms with E-state index in [1.54, 1.807) is 6.20 Å². The van der Waals surface area contributed by atoms with Gasteiger partial charge in [0, 0.05) is 25.4 Å². The molecule has 0 bridgehead atoms. The summed E-state index contributed by atoms with van der Waals surface area (Å²) in [6.45, 7) is 0.313. The molecule has 2 N–H and O–H groups in total. The molecule has 0 fully saturated rings. The fraction of sp³-hybridized carbons (Fsp3) is 0.308. The lowest BCUT2D eigenvalue weighted by molar-refractivity contribution is -0.137. The van der Waals surface area contributed by atoms with Crippen molar-refractivity contribution in [1.82, 2.24) is 14.7 Å². The van der Waals surface area contributed by atoms with Crippen molar-refractivity contribution < 1.29 is 19.1 Å². The van der Waals surface area contributed by atoms with Gasteiger partial charge in [-0.1, -0.05) is 0 Å². The predicted octanol–water partition coefficient (Wildman–Crippen LogP) is 0.997. The molecule has 0 aliphatic rings. The summed E-state index contributed by atoms with van der Waals surface area (Å²) in [6.07, 6.45) is 3.37. The fourth-order valence-electron chi connectivity index (χ4n) is 1.80. The van der Waals surface area contributed by atoms with E-state index < -0.39 is 5.97 Å². The van der Waals surface area contributed by atoms with E-state index in [4.69, 9.17) is 5.11 Å². The monoisotopic (exact) mass is 279 g/mol. The number of carbonyl (C=O) groups is 2. The van der Waals surface area contributed by atoms with Crippen molar-refractivity contribution in [2.45, 2.75) is 19.3 Å². The summed E-state index contributed by atoms with van der Waals surface area (Å²) in [5, 5.41) is 11.1. The minimum Gasteiger partial charge on any atom is -0.481 e. The van der Waals surface area contributed by atoms with E-state index in [0.29, 0.717) is 24.3 Å². The van der Waals surface area contributed by atoms with Crippen LogP contribution in [0.2, 0.25) is 0 Å². The molecule has 6 nitrogen and oxygen atoms in total. The Bertz CT molecular complexity index is 639. The van der Waals surface area contributed by atoms with Gasteiger partial charge in [-0.05, 0) is 18.6 Å². The number of aliphatic carboxylic acids is 1. The van der Waals surface area contributed by atoms with Gasteiger partial charge in [-0.25, -0.2) is 9.37 Å². The van der Waals surface area contributed by atoms with Crippen LogP contribution >= 0.6 is 0 Å². The van der Waals surface area contributed by atoms with Crippen LogP contribution in [-0.4, -0.2) is 32.9 Å². The number of aromatic nitrogens is 2. The number of nitrogens with zero attached hydrogens (tertiary/aromatic N) is 2. The Morgan fingerprint density at radius 1 is 1.35 bits per heavy atom. The Hall–Kier alpha value is -2.44. The summed E-state index contributed by atoms with van der Waals surface area (Å²) in [7, 11) is 0. The highest BCUT2D eigenvalue weighted by Crippen LogP contribution is 2.07. The lowest BCUT2D eigenvalue weighted by Crippen LogP contribution is -2.26. The van der Waals surface area contributed by atoms with Crippen LogP contribution in [0.3, 0.4) is 0 Å². The van der Waals surface area contributed by atoms with Gasteiger partial charge in [-0.3, -0.25) is 9.59 Å². The molecule has 2 heterocycles. The van der Waals surface area contributed by atoms with Crippen LogP contribution in [0.15, 0.2) is 24.5 Å². The predicted molar refractivity (Wildman–Crippen MR) is 68.7 cm³/mol. The fourth-order valence-corrected chi connectivity index (χ4v) is 1.80. The molecule has 0 unspecified atom stereocenters. The van der Waals surface area contributed by atoms with Crippen LogP contribution < -0.4 is 5.32 Å². The molecule has 0 spiro atoms. The normalized spacial score (nSPS) is 10.7. The Morgan fingerprint density at radius 2 is 2.15 bits per heavy atom. The van der Waals surface area contributed by atoms with Crippen LogP contribution in [0, 0.1) is 5.82 Å². The second-order valence-electron chi connectivity index (χ2n) is 4.37. The molecule has 20 heavy (non-hydrogen) atoms. The lowest BCUT2D eigenvalue weighted by Gasteiger charge is -2.01. The molecule has 0 aliphatic heterocycles. The van der Waals surface area contributed by atoms with Crippen molar-refractivity contribution in [1.29, 1.82) is 0 Å². The summed E-state index contributed by atoms with van der Waals surface area (Å²) >= 11 is 0. The zero-order valence-electron chi connectivity index (χ0n) is 10.7. The van der Waals surface area contributed by atoms with Crippen molar-refractivity contribution in [2.24, 2.45) is 0 Å². The van der Waals surface area contributed by atoms with Crippen LogP contribution in [0.4, 0.5) is 4.39 Å². The van der Waals surface area contributed by atoms with Crippen LogP contribution in [0.1, 0.15) is 18.5 Å². The second kappa shape index (κ2) is 6.14. The molecule has 0 aromatic carbocycles. The molecule has 2 aromatic heterocycles. The third-order valence-corrected chi connectivity index (χ3v) is 2.70. The summed E-state index contributed by atoms with van der Waals surface area (Å²) in [4.78, 5) is 26.1. The maximum atomic E-state index is 13.0. The highest BCUT2D eigenvalue weighted by atomic mass is 19.1. The molecular weight excluding hydrogens is 265 g/mol. The average Bonchev–Trinajstić information content (AvgIpc) is 2.75. The largest absolute Gasteiger partial charge is 0.481 e. The number of amides is 1. The number of nitrogens with one attached hydrogen (secondary N) is 1. The van der Waals surface area contributed by atoms with Crippen LogP contribution in [-0.2, 0) is 16.0 Å². The van der Waals surface area contributed by atoms with E-state index in [1.165, 1.54) is 22.7 Å². The first-order valence-corrected chi connectivity index (χ1v) is 6.16. The molecule has 0 atom stereocenters. The summed E-state index contributed by atoms with van der Waals surface area (Å²) < 4.78 is 14.5. The molecule has 2 rings (SSSR count). The van der Waals surface area contributed by atoms with E-state index in [1.807, 2.05) is 0 Å². The highest BCUT2D eigenvalue weighted by molar-refractivity contribution is 5.78. The number of carboxylic acids is 1. The topological polar surface area (TPSA) is 83.7 Å². The number of hydrogen-bond donors (Lipinski definition) is 2. The maximum absolute atomic E-state index is 13.0. The number of carboxylic acid groups (broad SMARTS) is 1. The molecule has 0 saturated carbocycles. The maximum Gasteiger partial charge on any atom is 0.303 e.